The van der Waals surface area contributed by atoms with Crippen LogP contribution in [0.3, 0.4) is 0 Å². The highest BCUT2D eigenvalue weighted by Gasteiger charge is 2.39. The van der Waals surface area contributed by atoms with E-state index in [2.05, 4.69) is 133 Å². The first kappa shape index (κ1) is 27.1. The summed E-state index contributed by atoms with van der Waals surface area (Å²) < 4.78 is 15.5. The Labute approximate surface area is 211 Å². The molecule has 2 atom stereocenters. The molecule has 0 aliphatic rings. The van der Waals surface area contributed by atoms with Gasteiger partial charge in [-0.15, -0.1) is 0 Å². The summed E-state index contributed by atoms with van der Waals surface area (Å²) in [7, 11) is 0.338. The Morgan fingerprint density at radius 3 is 1.82 bits per heavy atom. The van der Waals surface area contributed by atoms with E-state index in [1.54, 1.807) is 0 Å². The molecule has 0 unspecified atom stereocenters. The number of nitrogens with zero attached hydrogens (tertiary/aromatic N) is 1. The normalized spacial score (nSPS) is 15.2. The maximum Gasteiger partial charge on any atom is 0.100 e. The second-order valence-electron chi connectivity index (χ2n) is 12.2. The molecule has 3 aromatic rings. The van der Waals surface area contributed by atoms with E-state index in [0.29, 0.717) is 0 Å². The van der Waals surface area contributed by atoms with Crippen LogP contribution in [-0.2, 0) is 11.0 Å². The molecule has 3 aromatic carbocycles. The molecule has 2 nitrogen and oxygen atoms in total. The Morgan fingerprint density at radius 1 is 0.735 bits per heavy atom. The predicted octanol–water partition coefficient (Wildman–Crippen LogP) is 8.03. The Hall–Kier alpha value is -1.54. The van der Waals surface area contributed by atoms with Crippen molar-refractivity contribution < 1.29 is 4.21 Å². The third-order valence-electron chi connectivity index (χ3n) is 6.05. The Morgan fingerprint density at radius 2 is 1.26 bits per heavy atom. The molecule has 0 radical (unpaired) electrons. The third-order valence-corrected chi connectivity index (χ3v) is 11.4. The number of rotatable bonds is 5. The SMILES string of the molecule is CN([C@@H](c1ccc2ccccc2c1)c1ccccc1P(C(C)(C)C)C(C)(C)C)[S@](=O)C(C)(C)C. The second kappa shape index (κ2) is 9.84. The largest absolute Gasteiger partial charge is 0.242 e. The molecule has 34 heavy (non-hydrogen) atoms. The van der Waals surface area contributed by atoms with Gasteiger partial charge < -0.3 is 0 Å². The molecule has 0 saturated heterocycles. The van der Waals surface area contributed by atoms with Gasteiger partial charge >= 0.3 is 0 Å². The summed E-state index contributed by atoms with van der Waals surface area (Å²) in [5.74, 6) is 0. The maximum atomic E-state index is 13.7. The van der Waals surface area contributed by atoms with Crippen LogP contribution in [0, 0.1) is 0 Å². The molecule has 0 spiro atoms. The Balaban J connectivity index is 2.31. The maximum absolute atomic E-state index is 13.7. The van der Waals surface area contributed by atoms with Crippen molar-refractivity contribution in [2.75, 3.05) is 7.05 Å². The summed E-state index contributed by atoms with van der Waals surface area (Å²) in [6.07, 6.45) is 0. The van der Waals surface area contributed by atoms with E-state index >= 15 is 0 Å². The quantitative estimate of drug-likeness (QED) is 0.328. The molecule has 0 saturated carbocycles. The van der Waals surface area contributed by atoms with E-state index in [4.69, 9.17) is 0 Å². The fourth-order valence-corrected chi connectivity index (χ4v) is 10.6. The zero-order valence-corrected chi connectivity index (χ0v) is 24.4. The molecule has 0 N–H and O–H groups in total. The van der Waals surface area contributed by atoms with Crippen molar-refractivity contribution in [3.05, 3.63) is 77.9 Å². The van der Waals surface area contributed by atoms with E-state index in [1.165, 1.54) is 27.2 Å². The third kappa shape index (κ3) is 5.81. The molecule has 0 heterocycles. The van der Waals surface area contributed by atoms with Gasteiger partial charge in [-0.3, -0.25) is 0 Å². The smallest absolute Gasteiger partial charge is 0.100 e. The van der Waals surface area contributed by atoms with E-state index in [-0.39, 0.29) is 21.1 Å². The van der Waals surface area contributed by atoms with E-state index in [0.717, 1.165) is 0 Å². The van der Waals surface area contributed by atoms with Crippen LogP contribution in [0.4, 0.5) is 0 Å². The number of hydrogen-bond acceptors (Lipinski definition) is 1. The summed E-state index contributed by atoms with van der Waals surface area (Å²) >= 11 is 0. The topological polar surface area (TPSA) is 20.3 Å². The fraction of sp³-hybridized carbons (Fsp3) is 0.467. The van der Waals surface area contributed by atoms with Gasteiger partial charge in [0.25, 0.3) is 0 Å². The molecule has 0 aromatic heterocycles. The van der Waals surface area contributed by atoms with Crippen LogP contribution >= 0.6 is 7.92 Å². The summed E-state index contributed by atoms with van der Waals surface area (Å²) in [5.41, 5.74) is 2.46. The number of fused-ring (bicyclic) bond motifs is 1. The Kier molecular flexibility index (Phi) is 7.83. The molecular formula is C30H42NOPS. The standard InChI is InChI=1S/C30H42NOPS/c1-28(2,3)33(29(4,5)6)26-18-14-13-17-25(26)27(31(10)34(32)30(7,8)9)24-20-19-22-15-11-12-16-23(22)21-24/h11-21,27H,1-10H3/t27-,34+/m0/s1. The van der Waals surface area contributed by atoms with Crippen LogP contribution in [0.2, 0.25) is 0 Å². The molecule has 4 heteroatoms. The summed E-state index contributed by atoms with van der Waals surface area (Å²) in [5, 5.41) is 4.13. The van der Waals surface area contributed by atoms with Gasteiger partial charge in [-0.05, 0) is 64.4 Å². The molecule has 0 amide bonds. The Bertz CT molecular complexity index is 1150. The van der Waals surface area contributed by atoms with E-state index in [9.17, 15) is 4.21 Å². The molecule has 184 valence electrons. The van der Waals surface area contributed by atoms with Crippen molar-refractivity contribution >= 4 is 35.0 Å². The monoisotopic (exact) mass is 495 g/mol. The highest BCUT2D eigenvalue weighted by Crippen LogP contribution is 2.59. The van der Waals surface area contributed by atoms with Crippen LogP contribution in [0.25, 0.3) is 10.8 Å². The van der Waals surface area contributed by atoms with Gasteiger partial charge in [-0.1, -0.05) is 110 Å². The van der Waals surface area contributed by atoms with Crippen molar-refractivity contribution in [2.24, 2.45) is 0 Å². The fourth-order valence-electron chi connectivity index (χ4n) is 5.14. The zero-order chi connectivity index (χ0) is 25.5. The van der Waals surface area contributed by atoms with Gasteiger partial charge in [-0.2, -0.15) is 0 Å². The van der Waals surface area contributed by atoms with Crippen LogP contribution in [0.15, 0.2) is 66.7 Å². The van der Waals surface area contributed by atoms with E-state index in [1.807, 2.05) is 7.05 Å². The minimum absolute atomic E-state index is 0.101. The molecule has 0 aliphatic carbocycles. The molecular weight excluding hydrogens is 453 g/mol. The first-order valence-electron chi connectivity index (χ1n) is 12.1. The lowest BCUT2D eigenvalue weighted by atomic mass is 9.96. The lowest BCUT2D eigenvalue weighted by Gasteiger charge is -2.44. The summed E-state index contributed by atoms with van der Waals surface area (Å²) in [4.78, 5) is 0. The van der Waals surface area contributed by atoms with Gasteiger partial charge in [0.2, 0.25) is 0 Å². The summed E-state index contributed by atoms with van der Waals surface area (Å²) in [6.45, 7) is 20.4. The first-order valence-corrected chi connectivity index (χ1v) is 14.6. The lowest BCUT2D eigenvalue weighted by Crippen LogP contribution is -2.40. The predicted molar refractivity (Wildman–Crippen MR) is 154 cm³/mol. The summed E-state index contributed by atoms with van der Waals surface area (Å²) in [6, 6.07) is 24.0. The molecule has 0 aliphatic heterocycles. The van der Waals surface area contributed by atoms with Crippen molar-refractivity contribution in [2.45, 2.75) is 83.4 Å². The first-order chi connectivity index (χ1) is 15.6. The van der Waals surface area contributed by atoms with Crippen LogP contribution < -0.4 is 5.30 Å². The number of benzene rings is 3. The van der Waals surface area contributed by atoms with Gasteiger partial charge in [-0.25, -0.2) is 8.51 Å². The van der Waals surface area contributed by atoms with Crippen LogP contribution in [-0.4, -0.2) is 30.6 Å². The zero-order valence-electron chi connectivity index (χ0n) is 22.6. The van der Waals surface area contributed by atoms with Crippen molar-refractivity contribution in [3.63, 3.8) is 0 Å². The minimum Gasteiger partial charge on any atom is -0.242 e. The van der Waals surface area contributed by atoms with Crippen molar-refractivity contribution in [1.82, 2.24) is 4.31 Å². The minimum atomic E-state index is -1.17. The van der Waals surface area contributed by atoms with E-state index < -0.39 is 18.9 Å². The highest BCUT2D eigenvalue weighted by atomic mass is 32.2. The van der Waals surface area contributed by atoms with Gasteiger partial charge in [0.15, 0.2) is 0 Å². The highest BCUT2D eigenvalue weighted by molar-refractivity contribution is 7.84. The second-order valence-corrected chi connectivity index (χ2v) is 18.3. The lowest BCUT2D eigenvalue weighted by molar-refractivity contribution is 0.441. The van der Waals surface area contributed by atoms with Gasteiger partial charge in [0, 0.05) is 7.05 Å². The van der Waals surface area contributed by atoms with Crippen LogP contribution in [0.5, 0.6) is 0 Å². The average molecular weight is 496 g/mol. The molecule has 0 bridgehead atoms. The molecule has 0 fully saturated rings. The van der Waals surface area contributed by atoms with Crippen molar-refractivity contribution in [3.8, 4) is 0 Å². The van der Waals surface area contributed by atoms with Crippen molar-refractivity contribution in [1.29, 1.82) is 0 Å². The van der Waals surface area contributed by atoms with Gasteiger partial charge in [0.1, 0.15) is 11.0 Å². The van der Waals surface area contributed by atoms with Crippen LogP contribution in [0.1, 0.15) is 79.5 Å². The molecule has 3 rings (SSSR count). The van der Waals surface area contributed by atoms with Gasteiger partial charge in [0.05, 0.1) is 10.8 Å². The average Bonchev–Trinajstić information content (AvgIpc) is 2.71. The number of hydrogen-bond donors (Lipinski definition) is 0.